The number of ether oxygens (including phenoxy) is 1. The molecule has 4 nitrogen and oxygen atoms in total. The van der Waals surface area contributed by atoms with Crippen LogP contribution in [0.3, 0.4) is 0 Å². The molecule has 1 atom stereocenters. The van der Waals surface area contributed by atoms with Gasteiger partial charge in [-0.15, -0.1) is 5.10 Å². The summed E-state index contributed by atoms with van der Waals surface area (Å²) >= 11 is 1.36. The van der Waals surface area contributed by atoms with Gasteiger partial charge in [0.15, 0.2) is 0 Å². The molecule has 0 aromatic carbocycles. The minimum Gasteiger partial charge on any atom is -0.377 e. The normalized spacial score (nSPS) is 13.5. The number of hydrogen-bond donors (Lipinski definition) is 1. The fourth-order valence-corrected chi connectivity index (χ4v) is 1.44. The zero-order chi connectivity index (χ0) is 9.68. The lowest BCUT2D eigenvalue weighted by molar-refractivity contribution is 0.0618. The lowest BCUT2D eigenvalue weighted by Gasteiger charge is -2.15. The molecule has 0 radical (unpaired) electrons. The van der Waals surface area contributed by atoms with Crippen molar-refractivity contribution in [3.05, 3.63) is 11.1 Å². The lowest BCUT2D eigenvalue weighted by atomic mass is 10.2. The molecule has 1 unspecified atom stereocenters. The van der Waals surface area contributed by atoms with E-state index >= 15 is 0 Å². The van der Waals surface area contributed by atoms with E-state index in [1.165, 1.54) is 11.5 Å². The van der Waals surface area contributed by atoms with Crippen molar-refractivity contribution in [2.24, 2.45) is 0 Å². The first-order valence-electron chi connectivity index (χ1n) is 4.30. The van der Waals surface area contributed by atoms with Crippen LogP contribution in [0.4, 0.5) is 0 Å². The Kier molecular flexibility index (Phi) is 4.27. The van der Waals surface area contributed by atoms with Crippen LogP contribution in [0.2, 0.25) is 0 Å². The Hall–Kier alpha value is -0.520. The van der Waals surface area contributed by atoms with Crippen molar-refractivity contribution in [3.63, 3.8) is 0 Å². The lowest BCUT2D eigenvalue weighted by Crippen LogP contribution is -2.23. The van der Waals surface area contributed by atoms with E-state index in [9.17, 15) is 0 Å². The van der Waals surface area contributed by atoms with Gasteiger partial charge in [0.1, 0.15) is 0 Å². The van der Waals surface area contributed by atoms with E-state index in [4.69, 9.17) is 4.74 Å². The van der Waals surface area contributed by atoms with Crippen LogP contribution in [0.1, 0.15) is 25.6 Å². The van der Waals surface area contributed by atoms with Gasteiger partial charge in [-0.1, -0.05) is 4.49 Å². The number of hydrogen-bond acceptors (Lipinski definition) is 5. The van der Waals surface area contributed by atoms with Gasteiger partial charge in [-0.25, -0.2) is 0 Å². The van der Waals surface area contributed by atoms with Gasteiger partial charge in [-0.2, -0.15) is 0 Å². The first-order valence-corrected chi connectivity index (χ1v) is 5.13. The summed E-state index contributed by atoms with van der Waals surface area (Å²) in [5.74, 6) is 0. The average molecular weight is 201 g/mol. The van der Waals surface area contributed by atoms with Gasteiger partial charge in [0.05, 0.1) is 24.4 Å². The van der Waals surface area contributed by atoms with Crippen molar-refractivity contribution >= 4 is 11.5 Å². The standard InChI is InChI=1S/C8H15N3OS/c1-6(2)12-4-7(9-3)8-5-13-11-10-8/h5-7,9H,4H2,1-3H3. The molecule has 5 heteroatoms. The summed E-state index contributed by atoms with van der Waals surface area (Å²) in [7, 11) is 1.90. The molecule has 0 amide bonds. The highest BCUT2D eigenvalue weighted by Gasteiger charge is 2.12. The third kappa shape index (κ3) is 3.38. The molecule has 74 valence electrons. The average Bonchev–Trinajstić information content (AvgIpc) is 2.58. The maximum absolute atomic E-state index is 5.49. The molecule has 13 heavy (non-hydrogen) atoms. The van der Waals surface area contributed by atoms with Crippen LogP contribution < -0.4 is 5.32 Å². The summed E-state index contributed by atoms with van der Waals surface area (Å²) in [6, 6.07) is 0.154. The number of aromatic nitrogens is 2. The number of nitrogens with one attached hydrogen (secondary N) is 1. The molecule has 0 saturated carbocycles. The Morgan fingerprint density at radius 2 is 2.38 bits per heavy atom. The van der Waals surface area contributed by atoms with Gasteiger partial charge in [-0.3, -0.25) is 0 Å². The van der Waals surface area contributed by atoms with E-state index in [0.717, 1.165) is 5.69 Å². The van der Waals surface area contributed by atoms with Crippen LogP contribution in [-0.2, 0) is 4.74 Å². The predicted octanol–water partition coefficient (Wildman–Crippen LogP) is 1.22. The van der Waals surface area contributed by atoms with E-state index in [2.05, 4.69) is 14.9 Å². The third-order valence-electron chi connectivity index (χ3n) is 1.68. The molecule has 0 spiro atoms. The van der Waals surface area contributed by atoms with Crippen LogP contribution >= 0.6 is 11.5 Å². The van der Waals surface area contributed by atoms with Crippen LogP contribution in [0.15, 0.2) is 5.38 Å². The fourth-order valence-electron chi connectivity index (χ4n) is 0.929. The van der Waals surface area contributed by atoms with Crippen molar-refractivity contribution in [1.82, 2.24) is 14.9 Å². The number of likely N-dealkylation sites (N-methyl/N-ethyl adjacent to an activating group) is 1. The SMILES string of the molecule is CNC(COC(C)C)c1csnn1. The second kappa shape index (κ2) is 5.26. The molecular weight excluding hydrogens is 186 g/mol. The third-order valence-corrected chi connectivity index (χ3v) is 2.20. The van der Waals surface area contributed by atoms with Gasteiger partial charge in [-0.05, 0) is 32.4 Å². The molecule has 1 aromatic heterocycles. The summed E-state index contributed by atoms with van der Waals surface area (Å²) in [5, 5.41) is 9.07. The molecule has 0 aliphatic rings. The second-order valence-corrected chi connectivity index (χ2v) is 3.66. The summed E-state index contributed by atoms with van der Waals surface area (Å²) in [5.41, 5.74) is 0.952. The Balaban J connectivity index is 2.44. The number of rotatable bonds is 5. The Morgan fingerprint density at radius 1 is 1.62 bits per heavy atom. The molecule has 1 heterocycles. The largest absolute Gasteiger partial charge is 0.377 e. The van der Waals surface area contributed by atoms with Crippen molar-refractivity contribution in [3.8, 4) is 0 Å². The van der Waals surface area contributed by atoms with Crippen molar-refractivity contribution < 1.29 is 4.74 Å². The highest BCUT2D eigenvalue weighted by atomic mass is 32.1. The molecule has 1 aromatic rings. The van der Waals surface area contributed by atoms with Gasteiger partial charge in [0.2, 0.25) is 0 Å². The van der Waals surface area contributed by atoms with Crippen molar-refractivity contribution in [1.29, 1.82) is 0 Å². The second-order valence-electron chi connectivity index (χ2n) is 3.05. The minimum absolute atomic E-state index is 0.154. The van der Waals surface area contributed by atoms with Crippen molar-refractivity contribution in [2.75, 3.05) is 13.7 Å². The predicted molar refractivity (Wildman–Crippen MR) is 52.8 cm³/mol. The van der Waals surface area contributed by atoms with Gasteiger partial charge >= 0.3 is 0 Å². The van der Waals surface area contributed by atoms with Gasteiger partial charge in [0, 0.05) is 5.38 Å². The highest BCUT2D eigenvalue weighted by Crippen LogP contribution is 2.11. The molecule has 0 saturated heterocycles. The first-order chi connectivity index (χ1) is 6.24. The fraction of sp³-hybridized carbons (Fsp3) is 0.750. The van der Waals surface area contributed by atoms with Gasteiger partial charge < -0.3 is 10.1 Å². The zero-order valence-corrected chi connectivity index (χ0v) is 8.97. The molecular formula is C8H15N3OS. The van der Waals surface area contributed by atoms with E-state index in [-0.39, 0.29) is 12.1 Å². The van der Waals surface area contributed by atoms with Crippen LogP contribution in [0.5, 0.6) is 0 Å². The van der Waals surface area contributed by atoms with E-state index in [0.29, 0.717) is 6.61 Å². The summed E-state index contributed by atoms with van der Waals surface area (Å²) in [4.78, 5) is 0. The van der Waals surface area contributed by atoms with Crippen LogP contribution in [0, 0.1) is 0 Å². The topological polar surface area (TPSA) is 47.0 Å². The van der Waals surface area contributed by atoms with Crippen LogP contribution in [-0.4, -0.2) is 29.3 Å². The molecule has 0 aliphatic heterocycles. The smallest absolute Gasteiger partial charge is 0.0948 e. The zero-order valence-electron chi connectivity index (χ0n) is 8.15. The van der Waals surface area contributed by atoms with Gasteiger partial charge in [0.25, 0.3) is 0 Å². The number of nitrogens with zero attached hydrogens (tertiary/aromatic N) is 2. The Morgan fingerprint density at radius 3 is 2.85 bits per heavy atom. The molecule has 0 fully saturated rings. The molecule has 0 bridgehead atoms. The van der Waals surface area contributed by atoms with Crippen LogP contribution in [0.25, 0.3) is 0 Å². The molecule has 1 N–H and O–H groups in total. The highest BCUT2D eigenvalue weighted by molar-refractivity contribution is 7.03. The molecule has 0 aliphatic carbocycles. The first kappa shape index (κ1) is 10.6. The summed E-state index contributed by atoms with van der Waals surface area (Å²) in [6.45, 7) is 4.68. The molecule has 1 rings (SSSR count). The summed E-state index contributed by atoms with van der Waals surface area (Å²) in [6.07, 6.45) is 0.252. The maximum Gasteiger partial charge on any atom is 0.0948 e. The monoisotopic (exact) mass is 201 g/mol. The van der Waals surface area contributed by atoms with E-state index in [1.807, 2.05) is 26.3 Å². The quantitative estimate of drug-likeness (QED) is 0.778. The Labute approximate surface area is 82.5 Å². The Bertz CT molecular complexity index is 225. The van der Waals surface area contributed by atoms with E-state index in [1.54, 1.807) is 0 Å². The van der Waals surface area contributed by atoms with E-state index < -0.39 is 0 Å². The maximum atomic E-state index is 5.49. The van der Waals surface area contributed by atoms with Crippen molar-refractivity contribution in [2.45, 2.75) is 26.0 Å². The minimum atomic E-state index is 0.154. The summed E-state index contributed by atoms with van der Waals surface area (Å²) < 4.78 is 9.31.